The van der Waals surface area contributed by atoms with Crippen molar-refractivity contribution in [2.75, 3.05) is 14.2 Å². The van der Waals surface area contributed by atoms with Gasteiger partial charge in [-0.1, -0.05) is 106 Å². The third kappa shape index (κ3) is 5.06. The lowest BCUT2D eigenvalue weighted by molar-refractivity contribution is -0.136. The second kappa shape index (κ2) is 12.5. The van der Waals surface area contributed by atoms with Crippen LogP contribution in [0.1, 0.15) is 120 Å². The Labute approximate surface area is 256 Å². The third-order valence-electron chi connectivity index (χ3n) is 11.0. The number of carbonyl (C=O) groups excluding carboxylic acids is 2. The second-order valence-electron chi connectivity index (χ2n) is 14.4. The summed E-state index contributed by atoms with van der Waals surface area (Å²) < 4.78 is 25.8. The minimum absolute atomic E-state index is 0.211. The van der Waals surface area contributed by atoms with Crippen LogP contribution in [-0.2, 0) is 27.9 Å². The molecular formula is C34H56O6Si2. The Balaban J connectivity index is 2.05. The molecule has 0 aromatic rings. The third-order valence-corrected chi connectivity index (χ3v) is 21.8. The van der Waals surface area contributed by atoms with Crippen molar-refractivity contribution in [1.29, 1.82) is 0 Å². The molecule has 0 bridgehead atoms. The summed E-state index contributed by atoms with van der Waals surface area (Å²) in [6.07, 6.45) is 14.6. The van der Waals surface area contributed by atoms with Crippen LogP contribution in [0.5, 0.6) is 0 Å². The zero-order chi connectivity index (χ0) is 31.1. The first-order valence-electron chi connectivity index (χ1n) is 16.5. The Bertz CT molecular complexity index is 1030. The molecule has 4 rings (SSSR count). The predicted molar refractivity (Wildman–Crippen MR) is 173 cm³/mol. The van der Waals surface area contributed by atoms with E-state index in [-0.39, 0.29) is 34.1 Å². The van der Waals surface area contributed by atoms with Gasteiger partial charge in [0.2, 0.25) is 16.6 Å². The molecule has 0 aromatic heterocycles. The Kier molecular flexibility index (Phi) is 9.93. The van der Waals surface area contributed by atoms with E-state index in [9.17, 15) is 9.59 Å². The molecule has 0 N–H and O–H groups in total. The molecule has 4 aliphatic rings. The summed E-state index contributed by atoms with van der Waals surface area (Å²) in [4.78, 5) is 27.6. The normalized spacial score (nSPS) is 24.8. The van der Waals surface area contributed by atoms with Crippen LogP contribution in [0.15, 0.2) is 33.7 Å². The van der Waals surface area contributed by atoms with Gasteiger partial charge in [-0.3, -0.25) is 0 Å². The van der Waals surface area contributed by atoms with E-state index in [1.165, 1.54) is 27.1 Å². The molecule has 42 heavy (non-hydrogen) atoms. The lowest BCUT2D eigenvalue weighted by Crippen LogP contribution is -2.50. The molecule has 236 valence electrons. The van der Waals surface area contributed by atoms with Gasteiger partial charge in [0.05, 0.1) is 35.8 Å². The fourth-order valence-electron chi connectivity index (χ4n) is 9.06. The van der Waals surface area contributed by atoms with Gasteiger partial charge in [0, 0.05) is 0 Å². The Morgan fingerprint density at radius 1 is 0.595 bits per heavy atom. The average Bonchev–Trinajstić information content (AvgIpc) is 3.40. The monoisotopic (exact) mass is 616 g/mol. The lowest BCUT2D eigenvalue weighted by Gasteiger charge is -2.43. The molecule has 0 saturated heterocycles. The molecule has 2 fully saturated rings. The summed E-state index contributed by atoms with van der Waals surface area (Å²) in [5.74, 6) is -0.507. The van der Waals surface area contributed by atoms with Crippen LogP contribution in [0.2, 0.25) is 22.2 Å². The number of hydrogen-bond acceptors (Lipinski definition) is 6. The Morgan fingerprint density at radius 2 is 0.881 bits per heavy atom. The summed E-state index contributed by atoms with van der Waals surface area (Å²) in [5, 5.41) is 1.59. The fourth-order valence-corrected chi connectivity index (χ4v) is 19.4. The highest BCUT2D eigenvalue weighted by Crippen LogP contribution is 2.58. The van der Waals surface area contributed by atoms with E-state index in [1.807, 2.05) is 0 Å². The molecule has 0 amide bonds. The zero-order valence-corrected chi connectivity index (χ0v) is 30.0. The molecule has 2 heterocycles. The number of ether oxygens (including phenoxy) is 2. The molecule has 6 nitrogen and oxygen atoms in total. The number of carbonyl (C=O) groups is 2. The summed E-state index contributed by atoms with van der Waals surface area (Å²) in [6.45, 7) is 17.7. The smallest absolute Gasteiger partial charge is 0.332 e. The molecule has 2 aliphatic heterocycles. The van der Waals surface area contributed by atoms with Crippen molar-refractivity contribution in [3.05, 3.63) is 33.7 Å². The first-order valence-corrected chi connectivity index (χ1v) is 20.7. The van der Waals surface area contributed by atoms with Gasteiger partial charge < -0.3 is 18.3 Å². The predicted octanol–water partition coefficient (Wildman–Crippen LogP) is 8.56. The minimum Gasteiger partial charge on any atom is -0.466 e. The maximum Gasteiger partial charge on any atom is 0.332 e. The quantitative estimate of drug-likeness (QED) is 0.201. The maximum absolute atomic E-state index is 13.8. The fraction of sp³-hybridized carbons (Fsp3) is 0.765. The van der Waals surface area contributed by atoms with E-state index >= 15 is 0 Å². The van der Waals surface area contributed by atoms with E-state index in [2.05, 4.69) is 67.5 Å². The van der Waals surface area contributed by atoms with E-state index in [0.717, 1.165) is 72.9 Å². The average molecular weight is 617 g/mol. The highest BCUT2D eigenvalue weighted by atomic mass is 28.4. The molecule has 2 aliphatic carbocycles. The Hall–Kier alpha value is -1.49. The molecular weight excluding hydrogens is 561 g/mol. The summed E-state index contributed by atoms with van der Waals surface area (Å²) in [6, 6.07) is 0. The highest BCUT2D eigenvalue weighted by molar-refractivity contribution is 6.88. The van der Waals surface area contributed by atoms with Crippen LogP contribution in [-0.4, -0.2) is 54.0 Å². The van der Waals surface area contributed by atoms with Crippen molar-refractivity contribution >= 4 is 28.6 Å². The molecule has 0 radical (unpaired) electrons. The van der Waals surface area contributed by atoms with Gasteiger partial charge in [0.15, 0.2) is 0 Å². The SMILES string of the molecule is COC(=O)C1=C(/C=C/C2=C(C(=O)OC)[Si](C(C)C)(C(C)C)OC23CCCCC3)C2(CCCCC2)O[Si]1(C(C)C)C(C)C. The maximum atomic E-state index is 13.8. The molecule has 0 aromatic carbocycles. The lowest BCUT2D eigenvalue weighted by atomic mass is 9.76. The van der Waals surface area contributed by atoms with E-state index in [1.54, 1.807) is 0 Å². The van der Waals surface area contributed by atoms with Gasteiger partial charge in [0.25, 0.3) is 0 Å². The Morgan fingerprint density at radius 3 is 1.12 bits per heavy atom. The molecule has 0 atom stereocenters. The molecule has 8 heteroatoms. The standard InChI is InChI=1S/C34H56O6Si2/c1-23(2)41(24(3)4)29(31(35)37-9)27(33(39-41)19-13-11-14-20-33)17-18-28-30(32(36)38-10)42(25(5)6,26(7)8)40-34(28)21-15-12-16-22-34/h17-18,23-26H,11-16,19-22H2,1-10H3/b18-17+. The van der Waals surface area contributed by atoms with Gasteiger partial charge in [-0.25, -0.2) is 9.59 Å². The zero-order valence-electron chi connectivity index (χ0n) is 28.0. The van der Waals surface area contributed by atoms with Crippen LogP contribution >= 0.6 is 0 Å². The highest BCUT2D eigenvalue weighted by Gasteiger charge is 2.63. The number of hydrogen-bond donors (Lipinski definition) is 0. The number of esters is 2. The van der Waals surface area contributed by atoms with Gasteiger partial charge in [-0.05, 0) is 59.0 Å². The van der Waals surface area contributed by atoms with E-state index in [4.69, 9.17) is 18.3 Å². The second-order valence-corrected chi connectivity index (χ2v) is 23.6. The van der Waals surface area contributed by atoms with Crippen LogP contribution in [0.25, 0.3) is 0 Å². The van der Waals surface area contributed by atoms with Crippen molar-refractivity contribution in [2.24, 2.45) is 0 Å². The molecule has 0 unspecified atom stereocenters. The number of methoxy groups -OCH3 is 2. The largest absolute Gasteiger partial charge is 0.466 e. The van der Waals surface area contributed by atoms with Gasteiger partial charge in [0.1, 0.15) is 0 Å². The topological polar surface area (TPSA) is 71.1 Å². The van der Waals surface area contributed by atoms with Gasteiger partial charge in [-0.2, -0.15) is 0 Å². The van der Waals surface area contributed by atoms with Crippen molar-refractivity contribution in [3.63, 3.8) is 0 Å². The minimum atomic E-state index is -2.73. The van der Waals surface area contributed by atoms with Gasteiger partial charge in [-0.15, -0.1) is 0 Å². The molecule has 2 spiro atoms. The molecule has 2 saturated carbocycles. The van der Waals surface area contributed by atoms with E-state index < -0.39 is 27.8 Å². The summed E-state index contributed by atoms with van der Waals surface area (Å²) >= 11 is 0. The number of rotatable bonds is 8. The van der Waals surface area contributed by atoms with Crippen LogP contribution in [0.4, 0.5) is 0 Å². The van der Waals surface area contributed by atoms with Crippen molar-refractivity contribution < 1.29 is 27.9 Å². The van der Waals surface area contributed by atoms with Crippen LogP contribution in [0.3, 0.4) is 0 Å². The van der Waals surface area contributed by atoms with Crippen LogP contribution < -0.4 is 0 Å². The van der Waals surface area contributed by atoms with Crippen molar-refractivity contribution in [1.82, 2.24) is 0 Å². The van der Waals surface area contributed by atoms with Crippen molar-refractivity contribution in [2.45, 2.75) is 153 Å². The van der Waals surface area contributed by atoms with Gasteiger partial charge >= 0.3 is 11.9 Å². The van der Waals surface area contributed by atoms with Crippen LogP contribution in [0, 0.1) is 0 Å². The first kappa shape index (κ1) is 33.4. The summed E-state index contributed by atoms with van der Waals surface area (Å²) in [5.41, 5.74) is 1.86. The first-order chi connectivity index (χ1) is 19.8. The summed E-state index contributed by atoms with van der Waals surface area (Å²) in [7, 11) is -2.48. The van der Waals surface area contributed by atoms with E-state index in [0.29, 0.717) is 0 Å². The van der Waals surface area contributed by atoms with Crippen molar-refractivity contribution in [3.8, 4) is 0 Å².